The molecule has 3 N–H and O–H groups in total. The number of carboxylic acids is 1. The number of aliphatic carboxylic acids is 1. The van der Waals surface area contributed by atoms with E-state index in [0.29, 0.717) is 6.42 Å². The molecule has 2 aromatic carbocycles. The van der Waals surface area contributed by atoms with Crippen molar-refractivity contribution in [2.24, 2.45) is 0 Å². The summed E-state index contributed by atoms with van der Waals surface area (Å²) in [6.07, 6.45) is 0.466. The first-order chi connectivity index (χ1) is 12.1. The van der Waals surface area contributed by atoms with Crippen molar-refractivity contribution in [1.29, 1.82) is 0 Å². The van der Waals surface area contributed by atoms with Gasteiger partial charge in [-0.15, -0.1) is 0 Å². The average molecular weight is 336 g/mol. The fraction of sp³-hybridized carbons (Fsp3) is 0.250. The second-order valence-corrected chi connectivity index (χ2v) is 6.54. The van der Waals surface area contributed by atoms with E-state index in [1.54, 1.807) is 7.11 Å². The Morgan fingerprint density at radius 2 is 2.04 bits per heavy atom. The highest BCUT2D eigenvalue weighted by molar-refractivity contribution is 5.87. The highest BCUT2D eigenvalue weighted by Crippen LogP contribution is 2.36. The maximum atomic E-state index is 11.7. The molecule has 0 radical (unpaired) electrons. The number of aromatic amines is 1. The van der Waals surface area contributed by atoms with Crippen LogP contribution in [0.5, 0.6) is 5.75 Å². The third-order valence-corrected chi connectivity index (χ3v) is 4.85. The summed E-state index contributed by atoms with van der Waals surface area (Å²) in [5.74, 6) is -0.0625. The third-order valence-electron chi connectivity index (χ3n) is 4.85. The number of carboxylic acid groups (broad SMARTS) is 1. The van der Waals surface area contributed by atoms with Crippen molar-refractivity contribution in [1.82, 2.24) is 10.3 Å². The Balaban J connectivity index is 1.90. The van der Waals surface area contributed by atoms with Gasteiger partial charge in [-0.05, 0) is 41.8 Å². The molecule has 3 aromatic rings. The molecule has 2 atom stereocenters. The summed E-state index contributed by atoms with van der Waals surface area (Å²) in [5, 5.41) is 14.0. The van der Waals surface area contributed by atoms with Gasteiger partial charge in [-0.3, -0.25) is 10.1 Å². The highest BCUT2D eigenvalue weighted by Gasteiger charge is 2.34. The summed E-state index contributed by atoms with van der Waals surface area (Å²) in [5.41, 5.74) is 5.21. The lowest BCUT2D eigenvalue weighted by Gasteiger charge is -2.30. The van der Waals surface area contributed by atoms with Crippen LogP contribution >= 0.6 is 0 Å². The minimum absolute atomic E-state index is 0.217. The molecule has 5 heteroatoms. The van der Waals surface area contributed by atoms with Crippen LogP contribution in [0.1, 0.15) is 28.4 Å². The topological polar surface area (TPSA) is 74.3 Å². The first-order valence-corrected chi connectivity index (χ1v) is 8.30. The van der Waals surface area contributed by atoms with Crippen LogP contribution in [-0.4, -0.2) is 29.2 Å². The number of para-hydroxylation sites is 1. The first-order valence-electron chi connectivity index (χ1n) is 8.30. The highest BCUT2D eigenvalue weighted by atomic mass is 16.5. The molecule has 4 rings (SSSR count). The molecule has 0 saturated carbocycles. The Morgan fingerprint density at radius 3 is 2.80 bits per heavy atom. The van der Waals surface area contributed by atoms with E-state index in [-0.39, 0.29) is 6.04 Å². The number of rotatable bonds is 3. The van der Waals surface area contributed by atoms with Gasteiger partial charge >= 0.3 is 5.97 Å². The van der Waals surface area contributed by atoms with Crippen molar-refractivity contribution in [3.8, 4) is 5.75 Å². The van der Waals surface area contributed by atoms with Gasteiger partial charge in [-0.25, -0.2) is 0 Å². The van der Waals surface area contributed by atoms with E-state index in [9.17, 15) is 9.90 Å². The van der Waals surface area contributed by atoms with Crippen LogP contribution in [0, 0.1) is 6.92 Å². The lowest BCUT2D eigenvalue weighted by Crippen LogP contribution is -2.45. The quantitative estimate of drug-likeness (QED) is 0.687. The van der Waals surface area contributed by atoms with Crippen LogP contribution in [0.15, 0.2) is 42.5 Å². The van der Waals surface area contributed by atoms with Crippen LogP contribution in [0.3, 0.4) is 0 Å². The number of fused-ring (bicyclic) bond motifs is 3. The molecule has 0 spiro atoms. The van der Waals surface area contributed by atoms with Gasteiger partial charge < -0.3 is 14.8 Å². The predicted octanol–water partition coefficient (Wildman–Crippen LogP) is 3.17. The van der Waals surface area contributed by atoms with Crippen LogP contribution in [0.2, 0.25) is 0 Å². The van der Waals surface area contributed by atoms with Crippen LogP contribution in [0.4, 0.5) is 0 Å². The Labute approximate surface area is 145 Å². The van der Waals surface area contributed by atoms with E-state index in [1.807, 2.05) is 43.3 Å². The molecular weight excluding hydrogens is 316 g/mol. The van der Waals surface area contributed by atoms with Crippen LogP contribution in [0.25, 0.3) is 10.9 Å². The molecule has 5 nitrogen and oxygen atoms in total. The smallest absolute Gasteiger partial charge is 0.321 e. The molecule has 25 heavy (non-hydrogen) atoms. The first kappa shape index (κ1) is 15.7. The molecule has 0 aliphatic carbocycles. The SMILES string of the molecule is COc1cc(C)cc(C2NC(C(=O)O)Cc3c2[nH]c2ccccc32)c1. The summed E-state index contributed by atoms with van der Waals surface area (Å²) >= 11 is 0. The van der Waals surface area contributed by atoms with E-state index in [4.69, 9.17) is 4.74 Å². The van der Waals surface area contributed by atoms with E-state index >= 15 is 0 Å². The molecule has 2 unspecified atom stereocenters. The summed E-state index contributed by atoms with van der Waals surface area (Å²) in [6.45, 7) is 2.01. The van der Waals surface area contributed by atoms with Crippen molar-refractivity contribution >= 4 is 16.9 Å². The monoisotopic (exact) mass is 336 g/mol. The fourth-order valence-electron chi connectivity index (χ4n) is 3.72. The van der Waals surface area contributed by atoms with Gasteiger partial charge in [-0.1, -0.05) is 24.3 Å². The molecular formula is C20H20N2O3. The molecule has 0 amide bonds. The van der Waals surface area contributed by atoms with Gasteiger partial charge in [0.25, 0.3) is 0 Å². The third kappa shape index (κ3) is 2.66. The summed E-state index contributed by atoms with van der Waals surface area (Å²) in [4.78, 5) is 15.2. The number of nitrogens with one attached hydrogen (secondary N) is 2. The van der Waals surface area contributed by atoms with Gasteiger partial charge in [0, 0.05) is 23.0 Å². The standard InChI is InChI=1S/C20H20N2O3/c1-11-7-12(9-13(8-11)25-2)18-19-15(10-17(22-18)20(23)24)14-5-3-4-6-16(14)21-19/h3-9,17-18,21-22H,10H2,1-2H3,(H,23,24). The Morgan fingerprint density at radius 1 is 1.24 bits per heavy atom. The lowest BCUT2D eigenvalue weighted by molar-refractivity contribution is -0.139. The molecule has 1 aliphatic rings. The number of aryl methyl sites for hydroxylation is 1. The Kier molecular flexibility index (Phi) is 3.73. The molecule has 0 bridgehead atoms. The van der Waals surface area contributed by atoms with Crippen molar-refractivity contribution in [3.05, 3.63) is 64.8 Å². The maximum absolute atomic E-state index is 11.7. The van der Waals surface area contributed by atoms with Gasteiger partial charge in [-0.2, -0.15) is 0 Å². The zero-order valence-corrected chi connectivity index (χ0v) is 14.2. The van der Waals surface area contributed by atoms with Crippen LogP contribution < -0.4 is 10.1 Å². The van der Waals surface area contributed by atoms with Crippen molar-refractivity contribution in [2.45, 2.75) is 25.4 Å². The number of hydrogen-bond acceptors (Lipinski definition) is 3. The number of H-pyrrole nitrogens is 1. The van der Waals surface area contributed by atoms with Gasteiger partial charge in [0.2, 0.25) is 0 Å². The van der Waals surface area contributed by atoms with Gasteiger partial charge in [0.15, 0.2) is 0 Å². The van der Waals surface area contributed by atoms with E-state index in [1.165, 1.54) is 0 Å². The lowest BCUT2D eigenvalue weighted by atomic mass is 9.90. The Hall–Kier alpha value is -2.79. The second kappa shape index (κ2) is 5.93. The van der Waals surface area contributed by atoms with Crippen molar-refractivity contribution < 1.29 is 14.6 Å². The van der Waals surface area contributed by atoms with E-state index in [2.05, 4.69) is 16.4 Å². The van der Waals surface area contributed by atoms with Crippen LogP contribution in [-0.2, 0) is 11.2 Å². The predicted molar refractivity (Wildman–Crippen MR) is 96.1 cm³/mol. The molecule has 1 aromatic heterocycles. The fourth-order valence-corrected chi connectivity index (χ4v) is 3.72. The number of methoxy groups -OCH3 is 1. The van der Waals surface area contributed by atoms with Crippen molar-refractivity contribution in [2.75, 3.05) is 7.11 Å². The minimum Gasteiger partial charge on any atom is -0.497 e. The minimum atomic E-state index is -0.833. The van der Waals surface area contributed by atoms with Crippen molar-refractivity contribution in [3.63, 3.8) is 0 Å². The number of aromatic nitrogens is 1. The molecule has 2 heterocycles. The summed E-state index contributed by atoms with van der Waals surface area (Å²) in [6, 6.07) is 13.2. The average Bonchev–Trinajstić information content (AvgIpc) is 2.98. The zero-order chi connectivity index (χ0) is 17.6. The Bertz CT molecular complexity index is 961. The number of carbonyl (C=O) groups is 1. The van der Waals surface area contributed by atoms with Gasteiger partial charge in [0.1, 0.15) is 11.8 Å². The van der Waals surface area contributed by atoms with Gasteiger partial charge in [0.05, 0.1) is 13.2 Å². The normalized spacial score (nSPS) is 19.6. The molecule has 128 valence electrons. The molecule has 0 saturated heterocycles. The molecule has 0 fully saturated rings. The number of hydrogen-bond donors (Lipinski definition) is 3. The van der Waals surface area contributed by atoms with E-state index < -0.39 is 12.0 Å². The number of benzene rings is 2. The zero-order valence-electron chi connectivity index (χ0n) is 14.2. The summed E-state index contributed by atoms with van der Waals surface area (Å²) in [7, 11) is 1.64. The largest absolute Gasteiger partial charge is 0.497 e. The summed E-state index contributed by atoms with van der Waals surface area (Å²) < 4.78 is 5.39. The molecule has 1 aliphatic heterocycles. The maximum Gasteiger partial charge on any atom is 0.321 e. The van der Waals surface area contributed by atoms with E-state index in [0.717, 1.165) is 39.0 Å². The number of ether oxygens (including phenoxy) is 1. The second-order valence-electron chi connectivity index (χ2n) is 6.54.